The number of hydrogen-bond acceptors (Lipinski definition) is 4. The Labute approximate surface area is 120 Å². The fraction of sp³-hybridized carbons (Fsp3) is 0.214. The molecule has 0 atom stereocenters. The highest BCUT2D eigenvalue weighted by Crippen LogP contribution is 2.15. The van der Waals surface area contributed by atoms with E-state index >= 15 is 0 Å². The van der Waals surface area contributed by atoms with Crippen LogP contribution < -0.4 is 4.74 Å². The molecule has 2 heterocycles. The first-order valence-electron chi connectivity index (χ1n) is 6.43. The minimum atomic E-state index is -0.290. The lowest BCUT2D eigenvalue weighted by Crippen LogP contribution is -2.07. The van der Waals surface area contributed by atoms with Crippen LogP contribution in [-0.2, 0) is 13.7 Å². The maximum absolute atomic E-state index is 13.0. The lowest BCUT2D eigenvalue weighted by Gasteiger charge is -2.07. The molecule has 3 aromatic rings. The van der Waals surface area contributed by atoms with Gasteiger partial charge in [-0.15, -0.1) is 10.2 Å². The van der Waals surface area contributed by atoms with E-state index in [2.05, 4.69) is 15.4 Å². The molecule has 0 spiro atoms. The van der Waals surface area contributed by atoms with E-state index in [-0.39, 0.29) is 12.4 Å². The van der Waals surface area contributed by atoms with Gasteiger partial charge in [0.25, 0.3) is 0 Å². The molecule has 0 unspecified atom stereocenters. The monoisotopic (exact) mass is 287 g/mol. The summed E-state index contributed by atoms with van der Waals surface area (Å²) in [6.45, 7) is 2.14. The molecule has 3 rings (SSSR count). The summed E-state index contributed by atoms with van der Waals surface area (Å²) in [5.74, 6) is 0.241. The number of halogens is 1. The molecule has 0 aliphatic rings. The predicted octanol–water partition coefficient (Wildman–Crippen LogP) is 2.03. The van der Waals surface area contributed by atoms with Crippen molar-refractivity contribution in [2.75, 3.05) is 0 Å². The van der Waals surface area contributed by atoms with Crippen molar-refractivity contribution >= 4 is 0 Å². The molecular formula is C14H14FN5O. The van der Waals surface area contributed by atoms with Crippen LogP contribution >= 0.6 is 0 Å². The molecule has 6 nitrogen and oxygen atoms in total. The van der Waals surface area contributed by atoms with Crippen LogP contribution in [0.25, 0.3) is 5.69 Å². The Balaban J connectivity index is 1.85. The van der Waals surface area contributed by atoms with E-state index in [9.17, 15) is 4.39 Å². The van der Waals surface area contributed by atoms with Crippen LogP contribution in [0.1, 0.15) is 11.4 Å². The van der Waals surface area contributed by atoms with E-state index in [0.29, 0.717) is 5.88 Å². The third-order valence-electron chi connectivity index (χ3n) is 3.07. The zero-order valence-corrected chi connectivity index (χ0v) is 11.7. The number of nitrogens with zero attached hydrogens (tertiary/aromatic N) is 5. The third-order valence-corrected chi connectivity index (χ3v) is 3.07. The Kier molecular flexibility index (Phi) is 3.39. The summed E-state index contributed by atoms with van der Waals surface area (Å²) >= 11 is 0. The van der Waals surface area contributed by atoms with E-state index in [0.717, 1.165) is 17.1 Å². The molecule has 108 valence electrons. The van der Waals surface area contributed by atoms with Gasteiger partial charge in [-0.2, -0.15) is 0 Å². The average Bonchev–Trinajstić information content (AvgIpc) is 3.04. The molecule has 0 amide bonds. The maximum Gasteiger partial charge on any atom is 0.233 e. The minimum Gasteiger partial charge on any atom is -0.470 e. The highest BCUT2D eigenvalue weighted by Gasteiger charge is 2.12. The van der Waals surface area contributed by atoms with Gasteiger partial charge in [0.2, 0.25) is 5.88 Å². The highest BCUT2D eigenvalue weighted by atomic mass is 19.1. The van der Waals surface area contributed by atoms with Gasteiger partial charge in [-0.3, -0.25) is 4.68 Å². The van der Waals surface area contributed by atoms with Crippen LogP contribution in [0.2, 0.25) is 0 Å². The molecule has 7 heteroatoms. The van der Waals surface area contributed by atoms with Crippen molar-refractivity contribution in [1.82, 2.24) is 24.8 Å². The van der Waals surface area contributed by atoms with Gasteiger partial charge in [0.15, 0.2) is 0 Å². The average molecular weight is 287 g/mol. The molecule has 2 aromatic heterocycles. The van der Waals surface area contributed by atoms with Gasteiger partial charge in [-0.25, -0.2) is 9.07 Å². The quantitative estimate of drug-likeness (QED) is 0.736. The van der Waals surface area contributed by atoms with Crippen molar-refractivity contribution in [3.63, 3.8) is 0 Å². The van der Waals surface area contributed by atoms with Crippen LogP contribution in [0.3, 0.4) is 0 Å². The number of rotatable bonds is 4. The molecule has 1 aromatic carbocycles. The predicted molar refractivity (Wildman–Crippen MR) is 73.6 cm³/mol. The van der Waals surface area contributed by atoms with Gasteiger partial charge in [-0.1, -0.05) is 5.21 Å². The Hall–Kier alpha value is -2.70. The highest BCUT2D eigenvalue weighted by molar-refractivity contribution is 5.33. The number of ether oxygens (including phenoxy) is 1. The van der Waals surface area contributed by atoms with Crippen molar-refractivity contribution in [2.24, 2.45) is 7.05 Å². The van der Waals surface area contributed by atoms with Crippen LogP contribution in [0.4, 0.5) is 4.39 Å². The molecule has 0 fully saturated rings. The van der Waals surface area contributed by atoms with E-state index in [1.54, 1.807) is 33.8 Å². The van der Waals surface area contributed by atoms with E-state index in [1.807, 2.05) is 14.0 Å². The number of aryl methyl sites for hydroxylation is 2. The van der Waals surface area contributed by atoms with Crippen LogP contribution in [-0.4, -0.2) is 24.8 Å². The van der Waals surface area contributed by atoms with Crippen molar-refractivity contribution in [3.8, 4) is 11.6 Å². The van der Waals surface area contributed by atoms with Gasteiger partial charge in [0.1, 0.15) is 18.1 Å². The second kappa shape index (κ2) is 5.35. The van der Waals surface area contributed by atoms with Gasteiger partial charge < -0.3 is 4.74 Å². The number of benzene rings is 1. The zero-order valence-electron chi connectivity index (χ0n) is 11.7. The first-order chi connectivity index (χ1) is 10.1. The molecule has 0 aliphatic carbocycles. The fourth-order valence-electron chi connectivity index (χ4n) is 1.95. The summed E-state index contributed by atoms with van der Waals surface area (Å²) in [6.07, 6.45) is 1.80. The molecule has 0 saturated carbocycles. The molecule has 21 heavy (non-hydrogen) atoms. The lowest BCUT2D eigenvalue weighted by molar-refractivity contribution is 0.282. The summed E-state index contributed by atoms with van der Waals surface area (Å²) < 4.78 is 21.9. The van der Waals surface area contributed by atoms with Crippen molar-refractivity contribution < 1.29 is 9.13 Å². The molecule has 0 bridgehead atoms. The Morgan fingerprint density at radius 2 is 1.95 bits per heavy atom. The second-order valence-corrected chi connectivity index (χ2v) is 4.63. The lowest BCUT2D eigenvalue weighted by atomic mass is 10.3. The molecule has 0 N–H and O–H groups in total. The Bertz CT molecular complexity index is 747. The smallest absolute Gasteiger partial charge is 0.233 e. The molecule has 0 saturated heterocycles. The zero-order chi connectivity index (χ0) is 14.8. The molecular weight excluding hydrogens is 273 g/mol. The van der Waals surface area contributed by atoms with Crippen LogP contribution in [0, 0.1) is 12.7 Å². The van der Waals surface area contributed by atoms with Crippen LogP contribution in [0.5, 0.6) is 5.88 Å². The summed E-state index contributed by atoms with van der Waals surface area (Å²) in [4.78, 5) is 0. The van der Waals surface area contributed by atoms with Crippen LogP contribution in [0.15, 0.2) is 36.5 Å². The molecule has 0 radical (unpaired) electrons. The largest absolute Gasteiger partial charge is 0.470 e. The van der Waals surface area contributed by atoms with Gasteiger partial charge in [-0.05, 0) is 31.2 Å². The number of hydrogen-bond donors (Lipinski definition) is 0. The fourth-order valence-corrected chi connectivity index (χ4v) is 1.95. The Morgan fingerprint density at radius 1 is 1.19 bits per heavy atom. The second-order valence-electron chi connectivity index (χ2n) is 4.63. The van der Waals surface area contributed by atoms with Gasteiger partial charge in [0.05, 0.1) is 11.4 Å². The minimum absolute atomic E-state index is 0.285. The molecule has 0 aliphatic heterocycles. The van der Waals surface area contributed by atoms with Crippen molar-refractivity contribution in [1.29, 1.82) is 0 Å². The first-order valence-corrected chi connectivity index (χ1v) is 6.43. The summed E-state index contributed by atoms with van der Waals surface area (Å²) in [5, 5.41) is 12.3. The van der Waals surface area contributed by atoms with E-state index in [1.165, 1.54) is 12.1 Å². The van der Waals surface area contributed by atoms with Crippen molar-refractivity contribution in [2.45, 2.75) is 13.5 Å². The standard InChI is InChI=1S/C14H14FN5O/c1-10-13(9-21-14-7-8-19(2)17-14)20(18-16-10)12-5-3-11(15)4-6-12/h3-8H,9H2,1-2H3. The third kappa shape index (κ3) is 2.76. The summed E-state index contributed by atoms with van der Waals surface area (Å²) in [6, 6.07) is 7.84. The van der Waals surface area contributed by atoms with Gasteiger partial charge in [0, 0.05) is 19.3 Å². The summed E-state index contributed by atoms with van der Waals surface area (Å²) in [5.41, 5.74) is 2.29. The normalized spacial score (nSPS) is 10.8. The number of aromatic nitrogens is 5. The van der Waals surface area contributed by atoms with E-state index in [4.69, 9.17) is 4.74 Å². The maximum atomic E-state index is 13.0. The first kappa shape index (κ1) is 13.3. The SMILES string of the molecule is Cc1nnn(-c2ccc(F)cc2)c1COc1ccn(C)n1. The Morgan fingerprint density at radius 3 is 2.62 bits per heavy atom. The topological polar surface area (TPSA) is 57.8 Å². The van der Waals surface area contributed by atoms with Crippen molar-refractivity contribution in [3.05, 3.63) is 53.7 Å². The van der Waals surface area contributed by atoms with E-state index < -0.39 is 0 Å². The summed E-state index contributed by atoms with van der Waals surface area (Å²) in [7, 11) is 1.82. The van der Waals surface area contributed by atoms with Gasteiger partial charge >= 0.3 is 0 Å².